The van der Waals surface area contributed by atoms with Crippen molar-refractivity contribution < 1.29 is 17.5 Å². The zero-order valence-electron chi connectivity index (χ0n) is 12.3. The van der Waals surface area contributed by atoms with E-state index in [9.17, 15) is 12.8 Å². The van der Waals surface area contributed by atoms with E-state index in [-0.39, 0.29) is 21.9 Å². The van der Waals surface area contributed by atoms with Crippen LogP contribution in [0.5, 0.6) is 5.75 Å². The zero-order valence-corrected chi connectivity index (χ0v) is 14.0. The van der Waals surface area contributed by atoms with E-state index in [2.05, 4.69) is 14.9 Å². The van der Waals surface area contributed by atoms with E-state index in [0.717, 1.165) is 23.5 Å². The number of sulfonamides is 1. The Bertz CT molecular complexity index is 760. The van der Waals surface area contributed by atoms with Gasteiger partial charge in [-0.05, 0) is 38.5 Å². The van der Waals surface area contributed by atoms with Gasteiger partial charge in [0.05, 0.1) is 6.10 Å². The maximum absolute atomic E-state index is 13.4. The zero-order chi connectivity index (χ0) is 16.3. The minimum absolute atomic E-state index is 0.0872. The molecule has 0 aliphatic heterocycles. The van der Waals surface area contributed by atoms with Gasteiger partial charge in [0.15, 0.2) is 0 Å². The molecule has 2 aromatic rings. The molecule has 0 bridgehead atoms. The smallest absolute Gasteiger partial charge is 0.267 e. The van der Waals surface area contributed by atoms with Gasteiger partial charge in [-0.3, -0.25) is 4.72 Å². The van der Waals surface area contributed by atoms with Crippen molar-refractivity contribution in [2.45, 2.75) is 38.2 Å². The number of rotatable bonds is 6. The third-order valence-electron chi connectivity index (χ3n) is 2.55. The predicted octanol–water partition coefficient (Wildman–Crippen LogP) is 2.83. The van der Waals surface area contributed by atoms with Gasteiger partial charge in [-0.15, -0.1) is 10.2 Å². The summed E-state index contributed by atoms with van der Waals surface area (Å²) in [5.41, 5.74) is 0. The summed E-state index contributed by atoms with van der Waals surface area (Å²) >= 11 is 1.13. The Morgan fingerprint density at radius 3 is 2.68 bits per heavy atom. The molecule has 0 amide bonds. The number of aromatic nitrogens is 2. The summed E-state index contributed by atoms with van der Waals surface area (Å²) in [6.07, 6.45) is 0.411. The summed E-state index contributed by atoms with van der Waals surface area (Å²) in [6.45, 7) is 5.40. The molecule has 1 N–H and O–H groups in total. The van der Waals surface area contributed by atoms with Gasteiger partial charge in [0.1, 0.15) is 21.5 Å². The van der Waals surface area contributed by atoms with E-state index in [4.69, 9.17) is 4.74 Å². The SMILES string of the molecule is CCc1nnc(NS(=O)(=O)c2cc(F)ccc2OC(C)C)s1. The molecule has 0 saturated heterocycles. The molecule has 0 aliphatic carbocycles. The number of benzene rings is 1. The van der Waals surface area contributed by atoms with Gasteiger partial charge in [-0.1, -0.05) is 18.3 Å². The molecule has 0 atom stereocenters. The fourth-order valence-corrected chi connectivity index (χ4v) is 3.71. The number of hydrogen-bond donors (Lipinski definition) is 1. The van der Waals surface area contributed by atoms with Crippen LogP contribution in [0.4, 0.5) is 9.52 Å². The van der Waals surface area contributed by atoms with Crippen LogP contribution in [0.3, 0.4) is 0 Å². The molecule has 6 nitrogen and oxygen atoms in total. The van der Waals surface area contributed by atoms with E-state index >= 15 is 0 Å². The largest absolute Gasteiger partial charge is 0.490 e. The van der Waals surface area contributed by atoms with Crippen LogP contribution in [0, 0.1) is 5.82 Å². The summed E-state index contributed by atoms with van der Waals surface area (Å²) in [5.74, 6) is -0.577. The van der Waals surface area contributed by atoms with Gasteiger partial charge in [0.2, 0.25) is 5.13 Å². The highest BCUT2D eigenvalue weighted by Gasteiger charge is 2.23. The predicted molar refractivity (Wildman–Crippen MR) is 82.3 cm³/mol. The first-order valence-corrected chi connectivity index (χ1v) is 8.93. The lowest BCUT2D eigenvalue weighted by molar-refractivity contribution is 0.235. The molecule has 22 heavy (non-hydrogen) atoms. The standard InChI is InChI=1S/C13H16FN3O3S2/c1-4-12-15-16-13(21-12)17-22(18,19)11-7-9(14)5-6-10(11)20-8(2)3/h5-8H,4H2,1-3H3,(H,16,17). The maximum atomic E-state index is 13.4. The lowest BCUT2D eigenvalue weighted by Gasteiger charge is -2.14. The molecule has 0 saturated carbocycles. The molecular weight excluding hydrogens is 329 g/mol. The highest BCUT2D eigenvalue weighted by Crippen LogP contribution is 2.28. The Morgan fingerprint density at radius 2 is 2.09 bits per heavy atom. The second kappa shape index (κ2) is 6.57. The second-order valence-corrected chi connectivity index (χ2v) is 7.43. The summed E-state index contributed by atoms with van der Waals surface area (Å²) in [5, 5.41) is 8.43. The molecule has 0 fully saturated rings. The van der Waals surface area contributed by atoms with E-state index in [1.165, 1.54) is 6.07 Å². The van der Waals surface area contributed by atoms with Crippen LogP contribution in [-0.2, 0) is 16.4 Å². The van der Waals surface area contributed by atoms with E-state index in [0.29, 0.717) is 11.4 Å². The van der Waals surface area contributed by atoms with Crippen molar-refractivity contribution in [1.82, 2.24) is 10.2 Å². The first-order chi connectivity index (χ1) is 10.3. The van der Waals surface area contributed by atoms with Crippen molar-refractivity contribution in [3.63, 3.8) is 0 Å². The van der Waals surface area contributed by atoms with Gasteiger partial charge >= 0.3 is 0 Å². The molecule has 0 radical (unpaired) electrons. The minimum Gasteiger partial charge on any atom is -0.490 e. The van der Waals surface area contributed by atoms with Crippen molar-refractivity contribution >= 4 is 26.5 Å². The fourth-order valence-electron chi connectivity index (χ4n) is 1.65. The van der Waals surface area contributed by atoms with Crippen LogP contribution >= 0.6 is 11.3 Å². The molecule has 1 aromatic heterocycles. The van der Waals surface area contributed by atoms with E-state index in [1.54, 1.807) is 13.8 Å². The van der Waals surface area contributed by atoms with Crippen LogP contribution in [0.25, 0.3) is 0 Å². The summed E-state index contributed by atoms with van der Waals surface area (Å²) in [4.78, 5) is -0.269. The molecule has 9 heteroatoms. The van der Waals surface area contributed by atoms with Crippen LogP contribution in [0.1, 0.15) is 25.8 Å². The van der Waals surface area contributed by atoms with Crippen LogP contribution in [0.2, 0.25) is 0 Å². The summed E-state index contributed by atoms with van der Waals surface area (Å²) in [6, 6.07) is 3.36. The van der Waals surface area contributed by atoms with Crippen molar-refractivity contribution in [3.8, 4) is 5.75 Å². The first kappa shape index (κ1) is 16.6. The Labute approximate surface area is 132 Å². The number of anilines is 1. The monoisotopic (exact) mass is 345 g/mol. The highest BCUT2D eigenvalue weighted by atomic mass is 32.2. The molecule has 120 valence electrons. The van der Waals surface area contributed by atoms with Gasteiger partial charge in [0.25, 0.3) is 10.0 Å². The minimum atomic E-state index is -4.01. The molecule has 1 aromatic carbocycles. The number of aryl methyl sites for hydroxylation is 1. The van der Waals surface area contributed by atoms with Crippen molar-refractivity contribution in [1.29, 1.82) is 0 Å². The Balaban J connectivity index is 2.37. The Morgan fingerprint density at radius 1 is 1.36 bits per heavy atom. The normalized spacial score (nSPS) is 11.7. The third-order valence-corrected chi connectivity index (χ3v) is 5.02. The Hall–Kier alpha value is -1.74. The van der Waals surface area contributed by atoms with Crippen molar-refractivity contribution in [2.75, 3.05) is 4.72 Å². The number of hydrogen-bond acceptors (Lipinski definition) is 6. The number of halogens is 1. The van der Waals surface area contributed by atoms with Gasteiger partial charge in [-0.2, -0.15) is 0 Å². The topological polar surface area (TPSA) is 81.2 Å². The number of nitrogens with one attached hydrogen (secondary N) is 1. The van der Waals surface area contributed by atoms with Crippen molar-refractivity contribution in [2.24, 2.45) is 0 Å². The lowest BCUT2D eigenvalue weighted by Crippen LogP contribution is -2.16. The quantitative estimate of drug-likeness (QED) is 0.871. The molecular formula is C13H16FN3O3S2. The van der Waals surface area contributed by atoms with Crippen LogP contribution < -0.4 is 9.46 Å². The van der Waals surface area contributed by atoms with Gasteiger partial charge in [-0.25, -0.2) is 12.8 Å². The molecule has 0 spiro atoms. The number of nitrogens with zero attached hydrogens (tertiary/aromatic N) is 2. The molecule has 1 heterocycles. The van der Waals surface area contributed by atoms with Gasteiger partial charge < -0.3 is 4.74 Å². The number of ether oxygens (including phenoxy) is 1. The van der Waals surface area contributed by atoms with Crippen LogP contribution in [0.15, 0.2) is 23.1 Å². The summed E-state index contributed by atoms with van der Waals surface area (Å²) < 4.78 is 46.0. The highest BCUT2D eigenvalue weighted by molar-refractivity contribution is 7.93. The Kier molecular flexibility index (Phi) is 4.97. The average Bonchev–Trinajstić information content (AvgIpc) is 2.87. The molecule has 2 rings (SSSR count). The average molecular weight is 345 g/mol. The van der Waals surface area contributed by atoms with E-state index < -0.39 is 15.8 Å². The van der Waals surface area contributed by atoms with Crippen molar-refractivity contribution in [3.05, 3.63) is 29.0 Å². The second-order valence-electron chi connectivity index (χ2n) is 4.72. The maximum Gasteiger partial charge on any atom is 0.267 e. The van der Waals surface area contributed by atoms with Crippen LogP contribution in [-0.4, -0.2) is 24.7 Å². The van der Waals surface area contributed by atoms with E-state index in [1.807, 2.05) is 6.92 Å². The third kappa shape index (κ3) is 3.92. The fraction of sp³-hybridized carbons (Fsp3) is 0.385. The van der Waals surface area contributed by atoms with Gasteiger partial charge in [0, 0.05) is 0 Å². The molecule has 0 aliphatic rings. The summed E-state index contributed by atoms with van der Waals surface area (Å²) in [7, 11) is -4.01. The first-order valence-electron chi connectivity index (χ1n) is 6.63. The lowest BCUT2D eigenvalue weighted by atomic mass is 10.3. The molecule has 0 unspecified atom stereocenters.